The molecule has 1 amide bonds. The van der Waals surface area contributed by atoms with Gasteiger partial charge in [-0.3, -0.25) is 4.79 Å². The van der Waals surface area contributed by atoms with Crippen LogP contribution >= 0.6 is 11.6 Å². The third kappa shape index (κ3) is 2.95. The minimum Gasteiger partial charge on any atom is -0.334 e. The largest absolute Gasteiger partial charge is 0.334 e. The molecule has 0 unspecified atom stereocenters. The topological polar surface area (TPSA) is 20.3 Å². The number of hydrogen-bond donors (Lipinski definition) is 0. The van der Waals surface area contributed by atoms with Crippen molar-refractivity contribution in [2.24, 2.45) is 0 Å². The Balaban J connectivity index is 1.54. The van der Waals surface area contributed by atoms with Gasteiger partial charge in [-0.1, -0.05) is 54.8 Å². The van der Waals surface area contributed by atoms with Gasteiger partial charge >= 0.3 is 0 Å². The van der Waals surface area contributed by atoms with Crippen molar-refractivity contribution >= 4 is 17.5 Å². The Hall–Kier alpha value is -1.80. The van der Waals surface area contributed by atoms with E-state index in [1.54, 1.807) is 6.07 Å². The smallest absolute Gasteiger partial charge is 0.255 e. The maximum absolute atomic E-state index is 12.7. The number of carbonyl (C=O) groups excluding carboxylic acids is 1. The second-order valence-corrected chi connectivity index (χ2v) is 7.37. The summed E-state index contributed by atoms with van der Waals surface area (Å²) >= 11 is 6.18. The van der Waals surface area contributed by atoms with E-state index < -0.39 is 0 Å². The number of nitrogens with zero attached hydrogens (tertiary/aromatic N) is 1. The van der Waals surface area contributed by atoms with E-state index in [4.69, 9.17) is 11.6 Å². The summed E-state index contributed by atoms with van der Waals surface area (Å²) in [6, 6.07) is 14.2. The summed E-state index contributed by atoms with van der Waals surface area (Å²) in [5, 5.41) is 0.532. The van der Waals surface area contributed by atoms with Crippen LogP contribution in [0.4, 0.5) is 0 Å². The highest BCUT2D eigenvalue weighted by Gasteiger charge is 2.24. The number of hydrogen-bond acceptors (Lipinski definition) is 1. The molecule has 4 rings (SSSR count). The summed E-state index contributed by atoms with van der Waals surface area (Å²) in [5.41, 5.74) is 4.80. The summed E-state index contributed by atoms with van der Waals surface area (Å²) in [4.78, 5) is 14.7. The molecule has 0 N–H and O–H groups in total. The van der Waals surface area contributed by atoms with E-state index in [1.807, 2.05) is 23.1 Å². The molecule has 1 aliphatic carbocycles. The molecule has 3 heteroatoms. The molecule has 0 spiro atoms. The first-order valence-electron chi connectivity index (χ1n) is 8.88. The fourth-order valence-electron chi connectivity index (χ4n) is 4.06. The molecule has 1 aliphatic heterocycles. The molecule has 1 fully saturated rings. The lowest BCUT2D eigenvalue weighted by Crippen LogP contribution is -2.36. The van der Waals surface area contributed by atoms with E-state index in [-0.39, 0.29) is 5.91 Å². The molecule has 2 aromatic rings. The zero-order valence-corrected chi connectivity index (χ0v) is 14.6. The maximum Gasteiger partial charge on any atom is 0.255 e. The van der Waals surface area contributed by atoms with Gasteiger partial charge in [0.05, 0.1) is 10.6 Å². The van der Waals surface area contributed by atoms with Crippen molar-refractivity contribution in [3.63, 3.8) is 0 Å². The Labute approximate surface area is 148 Å². The van der Waals surface area contributed by atoms with Crippen LogP contribution in [0.15, 0.2) is 42.5 Å². The van der Waals surface area contributed by atoms with Crippen LogP contribution in [0.3, 0.4) is 0 Å². The fraction of sp³-hybridized carbons (Fsp3) is 0.381. The Kier molecular flexibility index (Phi) is 4.32. The molecule has 2 aliphatic rings. The first kappa shape index (κ1) is 15.7. The van der Waals surface area contributed by atoms with Crippen LogP contribution in [0.25, 0.3) is 0 Å². The fourth-order valence-corrected chi connectivity index (χ4v) is 4.28. The van der Waals surface area contributed by atoms with Crippen molar-refractivity contribution in [3.8, 4) is 0 Å². The predicted octanol–water partition coefficient (Wildman–Crippen LogP) is 5.20. The number of rotatable bonds is 2. The molecule has 1 saturated carbocycles. The van der Waals surface area contributed by atoms with Crippen LogP contribution in [0.2, 0.25) is 5.02 Å². The number of fused-ring (bicyclic) bond motifs is 1. The van der Waals surface area contributed by atoms with E-state index in [0.29, 0.717) is 17.1 Å². The summed E-state index contributed by atoms with van der Waals surface area (Å²) in [7, 11) is 0. The Morgan fingerprint density at radius 2 is 1.83 bits per heavy atom. The average Bonchev–Trinajstić information content (AvgIpc) is 3.15. The molecule has 2 nitrogen and oxygen atoms in total. The SMILES string of the molecule is O=C(c1ccccc1Cl)N1CCc2cc(C3CCCC3)ccc2C1. The molecule has 124 valence electrons. The van der Waals surface area contributed by atoms with Crippen LogP contribution in [0.5, 0.6) is 0 Å². The molecule has 24 heavy (non-hydrogen) atoms. The normalized spacial score (nSPS) is 17.8. The lowest BCUT2D eigenvalue weighted by molar-refractivity contribution is 0.0735. The van der Waals surface area contributed by atoms with E-state index >= 15 is 0 Å². The summed E-state index contributed by atoms with van der Waals surface area (Å²) < 4.78 is 0. The molecule has 0 radical (unpaired) electrons. The van der Waals surface area contributed by atoms with Crippen molar-refractivity contribution in [3.05, 3.63) is 69.7 Å². The van der Waals surface area contributed by atoms with Crippen LogP contribution in [-0.2, 0) is 13.0 Å². The van der Waals surface area contributed by atoms with Gasteiger partial charge in [0.2, 0.25) is 0 Å². The molecule has 0 aromatic heterocycles. The second-order valence-electron chi connectivity index (χ2n) is 6.97. The molecule has 0 bridgehead atoms. The third-order valence-electron chi connectivity index (χ3n) is 5.46. The Morgan fingerprint density at radius 1 is 1.04 bits per heavy atom. The summed E-state index contributed by atoms with van der Waals surface area (Å²) in [5.74, 6) is 0.782. The van der Waals surface area contributed by atoms with Gasteiger partial charge in [0, 0.05) is 13.1 Å². The van der Waals surface area contributed by atoms with E-state index in [9.17, 15) is 4.79 Å². The van der Waals surface area contributed by atoms with E-state index in [1.165, 1.54) is 42.4 Å². The van der Waals surface area contributed by atoms with Gasteiger partial charge in [0.15, 0.2) is 0 Å². The van der Waals surface area contributed by atoms with Crippen LogP contribution in [-0.4, -0.2) is 17.4 Å². The Morgan fingerprint density at radius 3 is 2.62 bits per heavy atom. The minimum absolute atomic E-state index is 0.0334. The highest BCUT2D eigenvalue weighted by atomic mass is 35.5. The van der Waals surface area contributed by atoms with Gasteiger partial charge in [0.25, 0.3) is 5.91 Å². The van der Waals surface area contributed by atoms with E-state index in [2.05, 4.69) is 18.2 Å². The summed E-state index contributed by atoms with van der Waals surface area (Å²) in [6.45, 7) is 1.45. The van der Waals surface area contributed by atoms with Crippen molar-refractivity contribution in [2.45, 2.75) is 44.6 Å². The van der Waals surface area contributed by atoms with Crippen LogP contribution in [0, 0.1) is 0 Å². The lowest BCUT2D eigenvalue weighted by atomic mass is 9.91. The molecule has 1 heterocycles. The standard InChI is InChI=1S/C21H22ClNO/c22-20-8-4-3-7-19(20)21(24)23-12-11-17-13-16(9-10-18(17)14-23)15-5-1-2-6-15/h3-4,7-10,13,15H,1-2,5-6,11-12,14H2. The molecule has 2 aromatic carbocycles. The first-order chi connectivity index (χ1) is 11.7. The lowest BCUT2D eigenvalue weighted by Gasteiger charge is -2.30. The maximum atomic E-state index is 12.7. The highest BCUT2D eigenvalue weighted by molar-refractivity contribution is 6.33. The summed E-state index contributed by atoms with van der Waals surface area (Å²) in [6.07, 6.45) is 6.32. The monoisotopic (exact) mass is 339 g/mol. The van der Waals surface area contributed by atoms with Crippen molar-refractivity contribution in [1.82, 2.24) is 4.90 Å². The average molecular weight is 340 g/mol. The highest BCUT2D eigenvalue weighted by Crippen LogP contribution is 2.35. The minimum atomic E-state index is 0.0334. The first-order valence-corrected chi connectivity index (χ1v) is 9.25. The van der Waals surface area contributed by atoms with Gasteiger partial charge in [-0.05, 0) is 54.0 Å². The number of carbonyl (C=O) groups is 1. The van der Waals surface area contributed by atoms with E-state index in [0.717, 1.165) is 18.9 Å². The zero-order valence-electron chi connectivity index (χ0n) is 13.8. The number of benzene rings is 2. The predicted molar refractivity (Wildman–Crippen MR) is 97.5 cm³/mol. The zero-order chi connectivity index (χ0) is 16.5. The molecule has 0 saturated heterocycles. The molecular formula is C21H22ClNO. The van der Waals surface area contributed by atoms with Gasteiger partial charge in [0.1, 0.15) is 0 Å². The Bertz CT molecular complexity index is 764. The molecular weight excluding hydrogens is 318 g/mol. The van der Waals surface area contributed by atoms with Crippen LogP contribution < -0.4 is 0 Å². The van der Waals surface area contributed by atoms with Crippen molar-refractivity contribution in [1.29, 1.82) is 0 Å². The van der Waals surface area contributed by atoms with Gasteiger partial charge < -0.3 is 4.90 Å². The number of halogens is 1. The van der Waals surface area contributed by atoms with Gasteiger partial charge in [-0.2, -0.15) is 0 Å². The van der Waals surface area contributed by atoms with Gasteiger partial charge in [-0.15, -0.1) is 0 Å². The van der Waals surface area contributed by atoms with Crippen molar-refractivity contribution < 1.29 is 4.79 Å². The number of amides is 1. The third-order valence-corrected chi connectivity index (χ3v) is 5.79. The molecule has 0 atom stereocenters. The van der Waals surface area contributed by atoms with Crippen LogP contribution in [0.1, 0.15) is 58.6 Å². The van der Waals surface area contributed by atoms with Crippen molar-refractivity contribution in [2.75, 3.05) is 6.54 Å². The quantitative estimate of drug-likeness (QED) is 0.736. The second kappa shape index (κ2) is 6.60. The van der Waals surface area contributed by atoms with Gasteiger partial charge in [-0.25, -0.2) is 0 Å².